The number of hydrogen-bond donors (Lipinski definition) is 2. The molecule has 1 unspecified atom stereocenters. The molecule has 2 aromatic heterocycles. The molecule has 0 radical (unpaired) electrons. The van der Waals surface area contributed by atoms with Crippen LogP contribution in [0.15, 0.2) is 36.7 Å². The summed E-state index contributed by atoms with van der Waals surface area (Å²) in [6, 6.07) is 7.59. The Morgan fingerprint density at radius 3 is 2.92 bits per heavy atom. The predicted octanol–water partition coefficient (Wildman–Crippen LogP) is 1.74. The van der Waals surface area contributed by atoms with Gasteiger partial charge in [0.05, 0.1) is 23.8 Å². The average Bonchev–Trinajstić information content (AvgIpc) is 2.91. The molecule has 1 aliphatic heterocycles. The number of carbonyl (C=O) groups excluding carboxylic acids is 2. The molecular formula is C18H21N5O2. The molecule has 3 heterocycles. The summed E-state index contributed by atoms with van der Waals surface area (Å²) in [5.74, 6) is 0.587. The highest BCUT2D eigenvalue weighted by molar-refractivity contribution is 5.98. The van der Waals surface area contributed by atoms with E-state index in [4.69, 9.17) is 0 Å². The maximum atomic E-state index is 12.4. The van der Waals surface area contributed by atoms with E-state index in [0.717, 1.165) is 17.1 Å². The standard InChI is InChI=1S/C18H21N5O2/c1-12(14-4-3-7-19-10-14)21-17-6-5-15-16(22-17)11-23(18(15)25)9-8-20-13(2)24/h3-7,10,12H,8-9,11H2,1-2H3,(H,20,24)(H,21,22). The van der Waals surface area contributed by atoms with Crippen LogP contribution in [-0.2, 0) is 11.3 Å². The van der Waals surface area contributed by atoms with Gasteiger partial charge in [-0.15, -0.1) is 0 Å². The van der Waals surface area contributed by atoms with Crippen molar-refractivity contribution in [2.75, 3.05) is 18.4 Å². The molecule has 1 aliphatic rings. The Labute approximate surface area is 146 Å². The van der Waals surface area contributed by atoms with E-state index in [1.807, 2.05) is 31.3 Å². The lowest BCUT2D eigenvalue weighted by Crippen LogP contribution is -2.34. The Bertz CT molecular complexity index is 778. The van der Waals surface area contributed by atoms with Crippen molar-refractivity contribution in [3.63, 3.8) is 0 Å². The number of carbonyl (C=O) groups is 2. The summed E-state index contributed by atoms with van der Waals surface area (Å²) in [4.78, 5) is 33.7. The van der Waals surface area contributed by atoms with Gasteiger partial charge in [-0.25, -0.2) is 4.98 Å². The van der Waals surface area contributed by atoms with Crippen LogP contribution in [0.1, 0.15) is 41.5 Å². The summed E-state index contributed by atoms with van der Waals surface area (Å²) in [5.41, 5.74) is 2.46. The highest BCUT2D eigenvalue weighted by Crippen LogP contribution is 2.24. The molecule has 1 atom stereocenters. The highest BCUT2D eigenvalue weighted by atomic mass is 16.2. The summed E-state index contributed by atoms with van der Waals surface area (Å²) >= 11 is 0. The Balaban J connectivity index is 1.66. The maximum absolute atomic E-state index is 12.4. The van der Waals surface area contributed by atoms with Gasteiger partial charge in [-0.1, -0.05) is 6.07 Å². The van der Waals surface area contributed by atoms with Crippen LogP contribution in [0.5, 0.6) is 0 Å². The van der Waals surface area contributed by atoms with E-state index in [-0.39, 0.29) is 17.9 Å². The summed E-state index contributed by atoms with van der Waals surface area (Å²) < 4.78 is 0. The van der Waals surface area contributed by atoms with Crippen LogP contribution in [0, 0.1) is 0 Å². The molecule has 7 nitrogen and oxygen atoms in total. The summed E-state index contributed by atoms with van der Waals surface area (Å²) in [6.45, 7) is 4.88. The lowest BCUT2D eigenvalue weighted by Gasteiger charge is -2.15. The van der Waals surface area contributed by atoms with E-state index in [0.29, 0.717) is 25.2 Å². The fourth-order valence-electron chi connectivity index (χ4n) is 2.80. The third kappa shape index (κ3) is 3.93. The summed E-state index contributed by atoms with van der Waals surface area (Å²) in [7, 11) is 0. The maximum Gasteiger partial charge on any atom is 0.256 e. The minimum Gasteiger partial charge on any atom is -0.363 e. The van der Waals surface area contributed by atoms with Gasteiger partial charge < -0.3 is 15.5 Å². The average molecular weight is 339 g/mol. The van der Waals surface area contributed by atoms with E-state index < -0.39 is 0 Å². The van der Waals surface area contributed by atoms with Gasteiger partial charge in [0.1, 0.15) is 5.82 Å². The first kappa shape index (κ1) is 16.9. The van der Waals surface area contributed by atoms with Crippen LogP contribution < -0.4 is 10.6 Å². The smallest absolute Gasteiger partial charge is 0.256 e. The molecule has 2 aromatic rings. The van der Waals surface area contributed by atoms with Crippen LogP contribution in [0.25, 0.3) is 0 Å². The van der Waals surface area contributed by atoms with E-state index in [1.165, 1.54) is 6.92 Å². The molecule has 0 aliphatic carbocycles. The Morgan fingerprint density at radius 2 is 2.20 bits per heavy atom. The number of aromatic nitrogens is 2. The third-order valence-electron chi connectivity index (χ3n) is 4.14. The van der Waals surface area contributed by atoms with Gasteiger partial charge in [0.25, 0.3) is 5.91 Å². The van der Waals surface area contributed by atoms with E-state index in [9.17, 15) is 9.59 Å². The number of rotatable bonds is 6. The van der Waals surface area contributed by atoms with Crippen molar-refractivity contribution in [1.29, 1.82) is 0 Å². The van der Waals surface area contributed by atoms with Gasteiger partial charge in [-0.2, -0.15) is 0 Å². The van der Waals surface area contributed by atoms with E-state index >= 15 is 0 Å². The van der Waals surface area contributed by atoms with Crippen LogP contribution in [0.3, 0.4) is 0 Å². The van der Waals surface area contributed by atoms with Crippen molar-refractivity contribution in [1.82, 2.24) is 20.2 Å². The zero-order chi connectivity index (χ0) is 17.8. The molecule has 7 heteroatoms. The van der Waals surface area contributed by atoms with Crippen molar-refractivity contribution < 1.29 is 9.59 Å². The second-order valence-electron chi connectivity index (χ2n) is 6.05. The van der Waals surface area contributed by atoms with Crippen molar-refractivity contribution in [3.8, 4) is 0 Å². The van der Waals surface area contributed by atoms with Gasteiger partial charge in [0.2, 0.25) is 5.91 Å². The molecule has 0 spiro atoms. The molecule has 0 bridgehead atoms. The van der Waals surface area contributed by atoms with Crippen molar-refractivity contribution in [3.05, 3.63) is 53.5 Å². The third-order valence-corrected chi connectivity index (χ3v) is 4.14. The molecule has 130 valence electrons. The molecule has 2 N–H and O–H groups in total. The Morgan fingerprint density at radius 1 is 1.36 bits per heavy atom. The van der Waals surface area contributed by atoms with Crippen molar-refractivity contribution in [2.24, 2.45) is 0 Å². The molecule has 0 fully saturated rings. The number of nitrogens with zero attached hydrogens (tertiary/aromatic N) is 3. The fourth-order valence-corrected chi connectivity index (χ4v) is 2.80. The second-order valence-corrected chi connectivity index (χ2v) is 6.05. The molecule has 0 saturated carbocycles. The first-order valence-corrected chi connectivity index (χ1v) is 8.24. The first-order valence-electron chi connectivity index (χ1n) is 8.24. The SMILES string of the molecule is CC(=O)NCCN1Cc2nc(NC(C)c3cccnc3)ccc2C1=O. The minimum absolute atomic E-state index is 0.0419. The van der Waals surface area contributed by atoms with Crippen LogP contribution in [0.4, 0.5) is 5.82 Å². The van der Waals surface area contributed by atoms with Crippen LogP contribution in [-0.4, -0.2) is 39.8 Å². The van der Waals surface area contributed by atoms with Crippen molar-refractivity contribution in [2.45, 2.75) is 26.4 Å². The zero-order valence-corrected chi connectivity index (χ0v) is 14.3. The summed E-state index contributed by atoms with van der Waals surface area (Å²) in [5, 5.41) is 6.04. The quantitative estimate of drug-likeness (QED) is 0.837. The lowest BCUT2D eigenvalue weighted by atomic mass is 10.1. The Hall–Kier alpha value is -2.96. The zero-order valence-electron chi connectivity index (χ0n) is 14.3. The molecule has 25 heavy (non-hydrogen) atoms. The summed E-state index contributed by atoms with van der Waals surface area (Å²) in [6.07, 6.45) is 3.56. The van der Waals surface area contributed by atoms with Crippen LogP contribution in [0.2, 0.25) is 0 Å². The molecule has 0 saturated heterocycles. The topological polar surface area (TPSA) is 87.2 Å². The Kier molecular flexibility index (Phi) is 4.92. The minimum atomic E-state index is -0.0989. The van der Waals surface area contributed by atoms with E-state index in [2.05, 4.69) is 20.6 Å². The van der Waals surface area contributed by atoms with E-state index in [1.54, 1.807) is 17.2 Å². The van der Waals surface area contributed by atoms with Gasteiger partial charge in [0.15, 0.2) is 0 Å². The number of anilines is 1. The van der Waals surface area contributed by atoms with Crippen LogP contribution >= 0.6 is 0 Å². The van der Waals surface area contributed by atoms with Gasteiger partial charge in [-0.05, 0) is 30.7 Å². The van der Waals surface area contributed by atoms with Gasteiger partial charge in [-0.3, -0.25) is 14.6 Å². The molecular weight excluding hydrogens is 318 g/mol. The second kappa shape index (κ2) is 7.29. The largest absolute Gasteiger partial charge is 0.363 e. The fraction of sp³-hybridized carbons (Fsp3) is 0.333. The monoisotopic (exact) mass is 339 g/mol. The molecule has 0 aromatic carbocycles. The number of pyridine rings is 2. The van der Waals surface area contributed by atoms with Gasteiger partial charge >= 0.3 is 0 Å². The normalized spacial score (nSPS) is 14.2. The number of amides is 2. The molecule has 2 amide bonds. The predicted molar refractivity (Wildman–Crippen MR) is 93.9 cm³/mol. The number of hydrogen-bond acceptors (Lipinski definition) is 5. The number of nitrogens with one attached hydrogen (secondary N) is 2. The first-order chi connectivity index (χ1) is 12.0. The number of fused-ring (bicyclic) bond motifs is 1. The van der Waals surface area contributed by atoms with Gasteiger partial charge in [0, 0.05) is 32.4 Å². The molecule has 3 rings (SSSR count). The van der Waals surface area contributed by atoms with Crippen molar-refractivity contribution >= 4 is 17.6 Å². The highest BCUT2D eigenvalue weighted by Gasteiger charge is 2.28. The lowest BCUT2D eigenvalue weighted by molar-refractivity contribution is -0.119.